The van der Waals surface area contributed by atoms with Gasteiger partial charge in [-0.25, -0.2) is 8.42 Å². The third-order valence-electron chi connectivity index (χ3n) is 4.57. The van der Waals surface area contributed by atoms with Crippen molar-refractivity contribution in [2.75, 3.05) is 16.4 Å². The lowest BCUT2D eigenvalue weighted by Gasteiger charge is -2.23. The summed E-state index contributed by atoms with van der Waals surface area (Å²) in [5.74, 6) is 0.824. The Morgan fingerprint density at radius 2 is 2.10 bits per heavy atom. The number of sulfone groups is 1. The lowest BCUT2D eigenvalue weighted by molar-refractivity contribution is -0.119. The zero-order valence-electron chi connectivity index (χ0n) is 12.3. The first-order valence-corrected chi connectivity index (χ1v) is 9.39. The summed E-state index contributed by atoms with van der Waals surface area (Å²) < 4.78 is 22.9. The first-order valence-electron chi connectivity index (χ1n) is 7.57. The minimum atomic E-state index is -2.85. The summed E-state index contributed by atoms with van der Waals surface area (Å²) in [6.45, 7) is 2.07. The second-order valence-corrected chi connectivity index (χ2v) is 8.48. The summed E-state index contributed by atoms with van der Waals surface area (Å²) in [4.78, 5) is 14.4. The fraction of sp³-hybridized carbons (Fsp3) is 0.562. The van der Waals surface area contributed by atoms with Gasteiger partial charge in [0.25, 0.3) is 0 Å². The van der Waals surface area contributed by atoms with Crippen molar-refractivity contribution in [3.63, 3.8) is 0 Å². The number of carbonyl (C=O) groups excluding carboxylic acids is 1. The SMILES string of the molecule is CC1Cc2ccccc2N1C(=O)CCC1CCS(=O)(=O)C1. The van der Waals surface area contributed by atoms with Crippen molar-refractivity contribution < 1.29 is 13.2 Å². The smallest absolute Gasteiger partial charge is 0.227 e. The standard InChI is InChI=1S/C16H21NO3S/c1-12-10-14-4-2-3-5-15(14)17(12)16(18)7-6-13-8-9-21(19,20)11-13/h2-5,12-13H,6-11H2,1H3. The van der Waals surface area contributed by atoms with Gasteiger partial charge in [-0.2, -0.15) is 0 Å². The minimum Gasteiger partial charge on any atom is -0.309 e. The van der Waals surface area contributed by atoms with Crippen LogP contribution in [-0.2, 0) is 21.1 Å². The topological polar surface area (TPSA) is 54.5 Å². The number of hydrogen-bond donors (Lipinski definition) is 0. The van der Waals surface area contributed by atoms with Gasteiger partial charge < -0.3 is 4.90 Å². The molecule has 2 aliphatic heterocycles. The van der Waals surface area contributed by atoms with Gasteiger partial charge in [-0.15, -0.1) is 0 Å². The van der Waals surface area contributed by atoms with Gasteiger partial charge in [-0.05, 0) is 43.7 Å². The minimum absolute atomic E-state index is 0.122. The maximum Gasteiger partial charge on any atom is 0.227 e. The fourth-order valence-electron chi connectivity index (χ4n) is 3.49. The Hall–Kier alpha value is -1.36. The number of fused-ring (bicyclic) bond motifs is 1. The Morgan fingerprint density at radius 1 is 1.33 bits per heavy atom. The average Bonchev–Trinajstić information content (AvgIpc) is 2.94. The Labute approximate surface area is 126 Å². The van der Waals surface area contributed by atoms with Crippen molar-refractivity contribution in [1.29, 1.82) is 0 Å². The molecule has 21 heavy (non-hydrogen) atoms. The van der Waals surface area contributed by atoms with Gasteiger partial charge in [0, 0.05) is 18.2 Å². The fourth-order valence-corrected chi connectivity index (χ4v) is 5.40. The number of hydrogen-bond acceptors (Lipinski definition) is 3. The molecule has 2 heterocycles. The van der Waals surface area contributed by atoms with Gasteiger partial charge >= 0.3 is 0 Å². The normalized spacial score (nSPS) is 26.8. The number of nitrogens with zero attached hydrogens (tertiary/aromatic N) is 1. The highest BCUT2D eigenvalue weighted by molar-refractivity contribution is 7.91. The highest BCUT2D eigenvalue weighted by Crippen LogP contribution is 2.33. The predicted octanol–water partition coefficient (Wildman–Crippen LogP) is 2.18. The maximum atomic E-state index is 12.5. The molecule has 1 aromatic carbocycles. The molecule has 0 aliphatic carbocycles. The molecule has 0 bridgehead atoms. The van der Waals surface area contributed by atoms with E-state index in [1.807, 2.05) is 23.1 Å². The molecule has 1 fully saturated rings. The second kappa shape index (κ2) is 5.44. The molecular weight excluding hydrogens is 286 g/mol. The number of para-hydroxylation sites is 1. The van der Waals surface area contributed by atoms with E-state index in [0.29, 0.717) is 19.3 Å². The Morgan fingerprint density at radius 3 is 2.81 bits per heavy atom. The molecule has 114 valence electrons. The van der Waals surface area contributed by atoms with Crippen LogP contribution in [0.4, 0.5) is 5.69 Å². The van der Waals surface area contributed by atoms with E-state index in [1.165, 1.54) is 5.56 Å². The van der Waals surface area contributed by atoms with Gasteiger partial charge in [-0.1, -0.05) is 18.2 Å². The van der Waals surface area contributed by atoms with Gasteiger partial charge in [-0.3, -0.25) is 4.79 Å². The van der Waals surface area contributed by atoms with Gasteiger partial charge in [0.1, 0.15) is 0 Å². The predicted molar refractivity (Wildman–Crippen MR) is 83.1 cm³/mol. The van der Waals surface area contributed by atoms with E-state index in [2.05, 4.69) is 13.0 Å². The molecule has 4 nitrogen and oxygen atoms in total. The van der Waals surface area contributed by atoms with Crippen molar-refractivity contribution in [1.82, 2.24) is 0 Å². The molecule has 3 rings (SSSR count). The van der Waals surface area contributed by atoms with Crippen molar-refractivity contribution >= 4 is 21.4 Å². The highest BCUT2D eigenvalue weighted by Gasteiger charge is 2.32. The number of rotatable bonds is 3. The Balaban J connectivity index is 1.64. The van der Waals surface area contributed by atoms with Crippen LogP contribution >= 0.6 is 0 Å². The van der Waals surface area contributed by atoms with E-state index >= 15 is 0 Å². The van der Waals surface area contributed by atoms with E-state index in [4.69, 9.17) is 0 Å². The van der Waals surface area contributed by atoms with Crippen LogP contribution in [0.25, 0.3) is 0 Å². The summed E-state index contributed by atoms with van der Waals surface area (Å²) in [6.07, 6.45) is 2.74. The molecule has 2 unspecified atom stereocenters. The molecule has 0 radical (unpaired) electrons. The summed E-state index contributed by atoms with van der Waals surface area (Å²) in [5.41, 5.74) is 2.25. The van der Waals surface area contributed by atoms with Gasteiger partial charge in [0.05, 0.1) is 11.5 Å². The molecule has 2 atom stereocenters. The van der Waals surface area contributed by atoms with E-state index in [0.717, 1.165) is 12.1 Å². The molecule has 1 amide bonds. The lowest BCUT2D eigenvalue weighted by atomic mass is 10.0. The van der Waals surface area contributed by atoms with Crippen LogP contribution in [-0.4, -0.2) is 31.9 Å². The summed E-state index contributed by atoms with van der Waals surface area (Å²) >= 11 is 0. The summed E-state index contributed by atoms with van der Waals surface area (Å²) in [7, 11) is -2.85. The van der Waals surface area contributed by atoms with Crippen LogP contribution in [0.15, 0.2) is 24.3 Å². The molecule has 1 aromatic rings. The van der Waals surface area contributed by atoms with E-state index < -0.39 is 9.84 Å². The molecule has 2 aliphatic rings. The Kier molecular flexibility index (Phi) is 3.78. The van der Waals surface area contributed by atoms with Crippen LogP contribution in [0.2, 0.25) is 0 Å². The molecule has 0 saturated carbocycles. The van der Waals surface area contributed by atoms with Gasteiger partial charge in [0.2, 0.25) is 5.91 Å². The third kappa shape index (κ3) is 2.98. The monoisotopic (exact) mass is 307 g/mol. The number of benzene rings is 1. The largest absolute Gasteiger partial charge is 0.309 e. The van der Waals surface area contributed by atoms with Crippen molar-refractivity contribution in [3.05, 3.63) is 29.8 Å². The van der Waals surface area contributed by atoms with Crippen LogP contribution < -0.4 is 4.90 Å². The van der Waals surface area contributed by atoms with E-state index in [9.17, 15) is 13.2 Å². The van der Waals surface area contributed by atoms with Crippen molar-refractivity contribution in [2.45, 2.75) is 38.6 Å². The molecule has 0 aromatic heterocycles. The molecular formula is C16H21NO3S. The van der Waals surface area contributed by atoms with E-state index in [-0.39, 0.29) is 29.4 Å². The van der Waals surface area contributed by atoms with Crippen LogP contribution in [0.3, 0.4) is 0 Å². The number of amides is 1. The first-order chi connectivity index (χ1) is 9.96. The van der Waals surface area contributed by atoms with Crippen LogP contribution in [0.5, 0.6) is 0 Å². The second-order valence-electron chi connectivity index (χ2n) is 6.25. The first kappa shape index (κ1) is 14.6. The Bertz CT molecular complexity index is 653. The molecule has 0 spiro atoms. The van der Waals surface area contributed by atoms with E-state index in [1.54, 1.807) is 0 Å². The highest BCUT2D eigenvalue weighted by atomic mass is 32.2. The molecule has 5 heteroatoms. The number of anilines is 1. The summed E-state index contributed by atoms with van der Waals surface area (Å²) in [6, 6.07) is 8.23. The van der Waals surface area contributed by atoms with Crippen molar-refractivity contribution in [2.24, 2.45) is 5.92 Å². The zero-order valence-corrected chi connectivity index (χ0v) is 13.1. The zero-order chi connectivity index (χ0) is 15.0. The average molecular weight is 307 g/mol. The molecule has 0 N–H and O–H groups in total. The number of carbonyl (C=O) groups is 1. The lowest BCUT2D eigenvalue weighted by Crippen LogP contribution is -2.35. The van der Waals surface area contributed by atoms with Crippen LogP contribution in [0, 0.1) is 5.92 Å². The quantitative estimate of drug-likeness (QED) is 0.860. The molecule has 1 saturated heterocycles. The maximum absolute atomic E-state index is 12.5. The van der Waals surface area contributed by atoms with Crippen LogP contribution in [0.1, 0.15) is 31.7 Å². The third-order valence-corrected chi connectivity index (χ3v) is 6.41. The van der Waals surface area contributed by atoms with Gasteiger partial charge in [0.15, 0.2) is 9.84 Å². The summed E-state index contributed by atoms with van der Waals surface area (Å²) in [5, 5.41) is 0. The van der Waals surface area contributed by atoms with Crippen molar-refractivity contribution in [3.8, 4) is 0 Å².